The zero-order valence-electron chi connectivity index (χ0n) is 23.1. The number of fused-ring (bicyclic) bond motifs is 1. The molecule has 0 unspecified atom stereocenters. The predicted octanol–water partition coefficient (Wildman–Crippen LogP) is 3.08. The Morgan fingerprint density at radius 3 is 2.29 bits per heavy atom. The first-order valence-electron chi connectivity index (χ1n) is 13.3. The molecule has 222 valence electrons. The lowest BCUT2D eigenvalue weighted by Crippen LogP contribution is -2.42. The summed E-state index contributed by atoms with van der Waals surface area (Å²) in [4.78, 5) is 41.9. The molecule has 4 rings (SSSR count). The maximum Gasteiger partial charge on any atom is 0.336 e. The lowest BCUT2D eigenvalue weighted by Gasteiger charge is -2.28. The summed E-state index contributed by atoms with van der Waals surface area (Å²) < 4.78 is 5.47. The van der Waals surface area contributed by atoms with Gasteiger partial charge in [0.2, 0.25) is 0 Å². The van der Waals surface area contributed by atoms with Crippen molar-refractivity contribution in [3.8, 4) is 0 Å². The predicted molar refractivity (Wildman–Crippen MR) is 154 cm³/mol. The van der Waals surface area contributed by atoms with Crippen LogP contribution in [0.4, 0.5) is 0 Å². The first-order valence-corrected chi connectivity index (χ1v) is 14.2. The van der Waals surface area contributed by atoms with Crippen molar-refractivity contribution in [2.75, 3.05) is 39.4 Å². The number of aromatic nitrogens is 1. The molecule has 1 fully saturated rings. The van der Waals surface area contributed by atoms with Gasteiger partial charge < -0.3 is 25.2 Å². The SMILES string of the molecule is Cc1ccsc1CN(CCCN1CCOCC1)Cc1ccc2ccccc2n1.O=C(O)CC(O)(CC(=O)O)C(=O)O. The molecule has 0 aliphatic carbocycles. The topological polar surface area (TPSA) is 161 Å². The molecule has 0 bridgehead atoms. The number of pyridine rings is 1. The summed E-state index contributed by atoms with van der Waals surface area (Å²) in [7, 11) is 0. The normalized spacial score (nSPS) is 14.0. The van der Waals surface area contributed by atoms with Crippen LogP contribution in [0, 0.1) is 6.92 Å². The highest BCUT2D eigenvalue weighted by molar-refractivity contribution is 7.10. The number of morpholine rings is 1. The fourth-order valence-corrected chi connectivity index (χ4v) is 5.41. The molecular weight excluding hydrogens is 550 g/mol. The van der Waals surface area contributed by atoms with Crippen molar-refractivity contribution < 1.29 is 39.5 Å². The zero-order chi connectivity index (χ0) is 29.8. The first-order chi connectivity index (χ1) is 19.6. The van der Waals surface area contributed by atoms with Crippen LogP contribution in [-0.4, -0.2) is 98.1 Å². The molecular formula is C29H37N3O8S. The Hall–Kier alpha value is -3.42. The molecule has 41 heavy (non-hydrogen) atoms. The van der Waals surface area contributed by atoms with E-state index in [1.165, 1.54) is 22.2 Å². The van der Waals surface area contributed by atoms with Crippen molar-refractivity contribution in [2.24, 2.45) is 0 Å². The molecule has 1 aliphatic rings. The van der Waals surface area contributed by atoms with Crippen LogP contribution >= 0.6 is 11.3 Å². The van der Waals surface area contributed by atoms with Crippen LogP contribution in [0.5, 0.6) is 0 Å². The van der Waals surface area contributed by atoms with Gasteiger partial charge in [0, 0.05) is 43.0 Å². The van der Waals surface area contributed by atoms with Crippen LogP contribution in [-0.2, 0) is 32.2 Å². The number of aliphatic carboxylic acids is 3. The van der Waals surface area contributed by atoms with Crippen LogP contribution < -0.4 is 0 Å². The van der Waals surface area contributed by atoms with E-state index in [0.29, 0.717) is 0 Å². The van der Waals surface area contributed by atoms with Gasteiger partial charge in [0.15, 0.2) is 5.60 Å². The average Bonchev–Trinajstić information content (AvgIpc) is 3.32. The van der Waals surface area contributed by atoms with E-state index < -0.39 is 36.4 Å². The highest BCUT2D eigenvalue weighted by atomic mass is 32.1. The third-order valence-corrected chi connectivity index (χ3v) is 7.72. The summed E-state index contributed by atoms with van der Waals surface area (Å²) in [5.41, 5.74) is 0.895. The molecule has 11 nitrogen and oxygen atoms in total. The number of aryl methyl sites for hydroxylation is 1. The van der Waals surface area contributed by atoms with E-state index in [2.05, 4.69) is 64.6 Å². The van der Waals surface area contributed by atoms with E-state index in [4.69, 9.17) is 30.1 Å². The van der Waals surface area contributed by atoms with Gasteiger partial charge in [-0.2, -0.15) is 0 Å². The van der Waals surface area contributed by atoms with Gasteiger partial charge in [0.1, 0.15) is 0 Å². The van der Waals surface area contributed by atoms with Crippen LogP contribution in [0.15, 0.2) is 47.8 Å². The largest absolute Gasteiger partial charge is 0.481 e. The second-order valence-corrected chi connectivity index (χ2v) is 11.0. The van der Waals surface area contributed by atoms with Crippen molar-refractivity contribution >= 4 is 40.1 Å². The van der Waals surface area contributed by atoms with Crippen molar-refractivity contribution in [3.63, 3.8) is 0 Å². The van der Waals surface area contributed by atoms with Gasteiger partial charge in [-0.05, 0) is 49.0 Å². The van der Waals surface area contributed by atoms with E-state index in [1.54, 1.807) is 0 Å². The maximum atomic E-state index is 10.3. The average molecular weight is 588 g/mol. The van der Waals surface area contributed by atoms with E-state index in [0.717, 1.165) is 63.7 Å². The molecule has 3 heterocycles. The summed E-state index contributed by atoms with van der Waals surface area (Å²) in [6, 6.07) is 15.0. The maximum absolute atomic E-state index is 10.3. The summed E-state index contributed by atoms with van der Waals surface area (Å²) in [5, 5.41) is 37.2. The van der Waals surface area contributed by atoms with E-state index in [9.17, 15) is 14.4 Å². The van der Waals surface area contributed by atoms with Gasteiger partial charge in [0.05, 0.1) is 37.3 Å². The number of benzene rings is 1. The minimum absolute atomic E-state index is 0.874. The van der Waals surface area contributed by atoms with Gasteiger partial charge in [-0.15, -0.1) is 11.3 Å². The van der Waals surface area contributed by atoms with Crippen LogP contribution in [0.2, 0.25) is 0 Å². The fourth-order valence-electron chi connectivity index (χ4n) is 4.47. The Balaban J connectivity index is 0.000000302. The Labute approximate surface area is 242 Å². The number of nitrogens with zero attached hydrogens (tertiary/aromatic N) is 3. The Kier molecular flexibility index (Phi) is 12.2. The molecule has 0 amide bonds. The monoisotopic (exact) mass is 587 g/mol. The molecule has 4 N–H and O–H groups in total. The second kappa shape index (κ2) is 15.5. The molecule has 0 radical (unpaired) electrons. The lowest BCUT2D eigenvalue weighted by atomic mass is 9.96. The number of para-hydroxylation sites is 1. The zero-order valence-corrected chi connectivity index (χ0v) is 23.9. The highest BCUT2D eigenvalue weighted by Gasteiger charge is 2.40. The van der Waals surface area contributed by atoms with Crippen LogP contribution in [0.3, 0.4) is 0 Å². The smallest absolute Gasteiger partial charge is 0.336 e. The number of ether oxygens (including phenoxy) is 1. The molecule has 1 aliphatic heterocycles. The number of carboxylic acids is 3. The minimum atomic E-state index is -2.74. The quantitative estimate of drug-likeness (QED) is 0.233. The molecule has 0 atom stereocenters. The van der Waals surface area contributed by atoms with Crippen molar-refractivity contribution in [2.45, 2.75) is 44.9 Å². The Bertz CT molecular complexity index is 1290. The molecule has 2 aromatic heterocycles. The van der Waals surface area contributed by atoms with Gasteiger partial charge in [-0.1, -0.05) is 24.3 Å². The van der Waals surface area contributed by atoms with Gasteiger partial charge in [-0.3, -0.25) is 24.4 Å². The molecule has 3 aromatic rings. The second-order valence-electron chi connectivity index (χ2n) is 10.0. The van der Waals surface area contributed by atoms with Gasteiger partial charge in [0.25, 0.3) is 0 Å². The van der Waals surface area contributed by atoms with Crippen LogP contribution in [0.25, 0.3) is 10.9 Å². The number of hydrogen-bond acceptors (Lipinski definition) is 9. The standard InChI is InChI=1S/C23H29N3OS.C6H8O7/c1-19-9-16-28-23(19)18-26(11-4-10-25-12-14-27-15-13-25)17-21-8-7-20-5-2-3-6-22(20)24-21;7-3(8)1-6(13,5(11)12)2-4(9)10/h2-3,5-9,16H,4,10-15,17-18H2,1H3;13H,1-2H2,(H,7,8)(H,9,10)(H,11,12). The van der Waals surface area contributed by atoms with E-state index >= 15 is 0 Å². The van der Waals surface area contributed by atoms with Crippen LogP contribution in [0.1, 0.15) is 35.4 Å². The Morgan fingerprint density at radius 1 is 1.00 bits per heavy atom. The third kappa shape index (κ3) is 10.5. The summed E-state index contributed by atoms with van der Waals surface area (Å²) in [6.07, 6.45) is -1.11. The first kappa shape index (κ1) is 32.1. The van der Waals surface area contributed by atoms with Crippen molar-refractivity contribution in [3.05, 3.63) is 64.0 Å². The minimum Gasteiger partial charge on any atom is -0.481 e. The third-order valence-electron chi connectivity index (χ3n) is 6.71. The molecule has 1 saturated heterocycles. The summed E-state index contributed by atoms with van der Waals surface area (Å²) in [6.45, 7) is 10.2. The van der Waals surface area contributed by atoms with Crippen molar-refractivity contribution in [1.29, 1.82) is 0 Å². The number of carboxylic acid groups (broad SMARTS) is 3. The Morgan fingerprint density at radius 2 is 1.68 bits per heavy atom. The summed E-state index contributed by atoms with van der Waals surface area (Å²) >= 11 is 1.86. The number of aliphatic hydroxyl groups is 1. The summed E-state index contributed by atoms with van der Waals surface area (Å²) in [5.74, 6) is -5.02. The van der Waals surface area contributed by atoms with Crippen molar-refractivity contribution in [1.82, 2.24) is 14.8 Å². The highest BCUT2D eigenvalue weighted by Crippen LogP contribution is 2.20. The molecule has 1 aromatic carbocycles. The number of hydrogen-bond donors (Lipinski definition) is 4. The van der Waals surface area contributed by atoms with E-state index in [1.807, 2.05) is 11.3 Å². The van der Waals surface area contributed by atoms with Gasteiger partial charge >= 0.3 is 17.9 Å². The van der Waals surface area contributed by atoms with E-state index in [-0.39, 0.29) is 0 Å². The lowest BCUT2D eigenvalue weighted by molar-refractivity contribution is -0.170. The molecule has 12 heteroatoms. The fraction of sp³-hybridized carbons (Fsp3) is 0.448. The number of rotatable bonds is 13. The molecule has 0 saturated carbocycles. The van der Waals surface area contributed by atoms with Gasteiger partial charge in [-0.25, -0.2) is 4.79 Å². The number of carbonyl (C=O) groups is 3. The number of thiophene rings is 1. The molecule has 0 spiro atoms.